The van der Waals surface area contributed by atoms with Gasteiger partial charge in [-0.3, -0.25) is 9.78 Å². The SMILES string of the molecule is CCCCc1cnc(-c2ccc(OC)cc2)c(-c2ccc3c(c2)CNC3=O)c1. The first-order chi connectivity index (χ1) is 13.7. The molecule has 0 aliphatic carbocycles. The number of amides is 1. The summed E-state index contributed by atoms with van der Waals surface area (Å²) in [5, 5.41) is 2.89. The third kappa shape index (κ3) is 3.50. The van der Waals surface area contributed by atoms with Gasteiger partial charge in [0.25, 0.3) is 5.91 Å². The van der Waals surface area contributed by atoms with Gasteiger partial charge in [-0.05, 0) is 72.0 Å². The van der Waals surface area contributed by atoms with Crippen LogP contribution in [0.25, 0.3) is 22.4 Å². The average molecular weight is 372 g/mol. The number of aromatic nitrogens is 1. The lowest BCUT2D eigenvalue weighted by molar-refractivity contribution is 0.0966. The van der Waals surface area contributed by atoms with Crippen molar-refractivity contribution in [2.75, 3.05) is 7.11 Å². The van der Waals surface area contributed by atoms with Gasteiger partial charge in [0.05, 0.1) is 12.8 Å². The van der Waals surface area contributed by atoms with Crippen LogP contribution < -0.4 is 10.1 Å². The first-order valence-corrected chi connectivity index (χ1v) is 9.74. The molecule has 142 valence electrons. The molecule has 0 radical (unpaired) electrons. The summed E-state index contributed by atoms with van der Waals surface area (Å²) in [6.45, 7) is 2.79. The maximum absolute atomic E-state index is 11.9. The zero-order chi connectivity index (χ0) is 19.5. The standard InChI is InChI=1S/C24H24N2O2/c1-3-4-5-16-12-22(18-8-11-21-19(13-18)15-26-24(21)27)23(25-14-16)17-6-9-20(28-2)10-7-17/h6-14H,3-5,15H2,1-2H3,(H,26,27). The van der Waals surface area contributed by atoms with Gasteiger partial charge in [0, 0.05) is 29.4 Å². The average Bonchev–Trinajstić information content (AvgIpc) is 3.12. The number of pyridine rings is 1. The van der Waals surface area contributed by atoms with E-state index in [1.54, 1.807) is 7.11 Å². The van der Waals surface area contributed by atoms with Gasteiger partial charge in [-0.15, -0.1) is 0 Å². The summed E-state index contributed by atoms with van der Waals surface area (Å²) in [7, 11) is 1.67. The second-order valence-electron chi connectivity index (χ2n) is 7.13. The molecule has 28 heavy (non-hydrogen) atoms. The summed E-state index contributed by atoms with van der Waals surface area (Å²) < 4.78 is 5.28. The molecule has 0 bridgehead atoms. The highest BCUT2D eigenvalue weighted by Gasteiger charge is 2.20. The predicted octanol–water partition coefficient (Wildman–Crippen LogP) is 5.01. The molecule has 0 fully saturated rings. The molecule has 2 heterocycles. The van der Waals surface area contributed by atoms with E-state index >= 15 is 0 Å². The van der Waals surface area contributed by atoms with Crippen molar-refractivity contribution in [3.05, 3.63) is 71.4 Å². The van der Waals surface area contributed by atoms with Crippen molar-refractivity contribution < 1.29 is 9.53 Å². The van der Waals surface area contributed by atoms with Gasteiger partial charge >= 0.3 is 0 Å². The molecule has 0 saturated carbocycles. The lowest BCUT2D eigenvalue weighted by atomic mass is 9.94. The van der Waals surface area contributed by atoms with Crippen LogP contribution in [0.4, 0.5) is 0 Å². The first kappa shape index (κ1) is 18.2. The van der Waals surface area contributed by atoms with Crippen LogP contribution in [0.1, 0.15) is 41.3 Å². The normalized spacial score (nSPS) is 12.6. The minimum atomic E-state index is 0.00625. The summed E-state index contributed by atoms with van der Waals surface area (Å²) in [4.78, 5) is 16.7. The van der Waals surface area contributed by atoms with Gasteiger partial charge in [-0.1, -0.05) is 19.4 Å². The molecule has 0 saturated heterocycles. The number of carbonyl (C=O) groups is 1. The van der Waals surface area contributed by atoms with Crippen LogP contribution in [0.5, 0.6) is 5.75 Å². The molecular formula is C24H24N2O2. The molecule has 1 amide bonds. The van der Waals surface area contributed by atoms with E-state index in [1.807, 2.05) is 42.6 Å². The number of fused-ring (bicyclic) bond motifs is 1. The Bertz CT molecular complexity index is 1010. The van der Waals surface area contributed by atoms with Crippen molar-refractivity contribution in [1.29, 1.82) is 0 Å². The Morgan fingerprint density at radius 3 is 2.57 bits per heavy atom. The van der Waals surface area contributed by atoms with E-state index in [0.29, 0.717) is 6.54 Å². The van der Waals surface area contributed by atoms with Gasteiger partial charge in [0.2, 0.25) is 0 Å². The van der Waals surface area contributed by atoms with Crippen LogP contribution in [-0.4, -0.2) is 18.0 Å². The number of ether oxygens (including phenoxy) is 1. The number of hydrogen-bond acceptors (Lipinski definition) is 3. The molecular weight excluding hydrogens is 348 g/mol. The summed E-state index contributed by atoms with van der Waals surface area (Å²) >= 11 is 0. The zero-order valence-corrected chi connectivity index (χ0v) is 16.3. The van der Waals surface area contributed by atoms with Crippen molar-refractivity contribution in [1.82, 2.24) is 10.3 Å². The molecule has 1 aliphatic heterocycles. The fraction of sp³-hybridized carbons (Fsp3) is 0.250. The van der Waals surface area contributed by atoms with Crippen molar-refractivity contribution in [2.45, 2.75) is 32.7 Å². The maximum Gasteiger partial charge on any atom is 0.251 e. The fourth-order valence-electron chi connectivity index (χ4n) is 3.62. The topological polar surface area (TPSA) is 51.2 Å². The number of nitrogens with zero attached hydrogens (tertiary/aromatic N) is 1. The zero-order valence-electron chi connectivity index (χ0n) is 16.3. The van der Waals surface area contributed by atoms with Crippen LogP contribution in [0.2, 0.25) is 0 Å². The van der Waals surface area contributed by atoms with Crippen molar-refractivity contribution >= 4 is 5.91 Å². The van der Waals surface area contributed by atoms with Crippen LogP contribution in [-0.2, 0) is 13.0 Å². The lowest BCUT2D eigenvalue weighted by Gasteiger charge is -2.13. The number of carbonyl (C=O) groups excluding carboxylic acids is 1. The highest BCUT2D eigenvalue weighted by atomic mass is 16.5. The summed E-state index contributed by atoms with van der Waals surface area (Å²) in [6, 6.07) is 16.3. The summed E-state index contributed by atoms with van der Waals surface area (Å²) in [5.74, 6) is 0.832. The summed E-state index contributed by atoms with van der Waals surface area (Å²) in [5.41, 5.74) is 7.23. The smallest absolute Gasteiger partial charge is 0.251 e. The van der Waals surface area contributed by atoms with Gasteiger partial charge in [0.1, 0.15) is 5.75 Å². The molecule has 3 aromatic rings. The second-order valence-corrected chi connectivity index (χ2v) is 7.13. The molecule has 0 atom stereocenters. The van der Waals surface area contributed by atoms with Gasteiger partial charge in [0.15, 0.2) is 0 Å². The Kier molecular flexibility index (Phi) is 5.11. The van der Waals surface area contributed by atoms with Crippen molar-refractivity contribution in [3.8, 4) is 28.1 Å². The molecule has 1 aromatic heterocycles. The Balaban J connectivity index is 1.81. The third-order valence-corrected chi connectivity index (χ3v) is 5.23. The highest BCUT2D eigenvalue weighted by molar-refractivity contribution is 5.99. The summed E-state index contributed by atoms with van der Waals surface area (Å²) in [6.07, 6.45) is 5.30. The first-order valence-electron chi connectivity index (χ1n) is 9.74. The quantitative estimate of drug-likeness (QED) is 0.662. The van der Waals surface area contributed by atoms with Gasteiger partial charge < -0.3 is 10.1 Å². The van der Waals surface area contributed by atoms with E-state index < -0.39 is 0 Å². The Morgan fingerprint density at radius 2 is 1.82 bits per heavy atom. The highest BCUT2D eigenvalue weighted by Crippen LogP contribution is 2.34. The molecule has 0 unspecified atom stereocenters. The number of aryl methyl sites for hydroxylation is 1. The van der Waals surface area contributed by atoms with Crippen molar-refractivity contribution in [2.24, 2.45) is 0 Å². The molecule has 1 N–H and O–H groups in total. The minimum absolute atomic E-state index is 0.00625. The van der Waals surface area contributed by atoms with E-state index in [0.717, 1.165) is 58.5 Å². The number of hydrogen-bond donors (Lipinski definition) is 1. The molecule has 1 aliphatic rings. The van der Waals surface area contributed by atoms with Crippen LogP contribution >= 0.6 is 0 Å². The van der Waals surface area contributed by atoms with E-state index in [1.165, 1.54) is 5.56 Å². The Morgan fingerprint density at radius 1 is 1.04 bits per heavy atom. The molecule has 4 rings (SSSR count). The van der Waals surface area contributed by atoms with Gasteiger partial charge in [-0.2, -0.15) is 0 Å². The lowest BCUT2D eigenvalue weighted by Crippen LogP contribution is -2.12. The van der Waals surface area contributed by atoms with E-state index in [4.69, 9.17) is 9.72 Å². The van der Waals surface area contributed by atoms with Crippen LogP contribution in [0.3, 0.4) is 0 Å². The van der Waals surface area contributed by atoms with E-state index in [9.17, 15) is 4.79 Å². The van der Waals surface area contributed by atoms with Gasteiger partial charge in [-0.25, -0.2) is 0 Å². The molecule has 2 aromatic carbocycles. The number of benzene rings is 2. The Labute approximate surface area is 165 Å². The van der Waals surface area contributed by atoms with Crippen molar-refractivity contribution in [3.63, 3.8) is 0 Å². The van der Waals surface area contributed by atoms with Crippen LogP contribution in [0, 0.1) is 0 Å². The maximum atomic E-state index is 11.9. The third-order valence-electron chi connectivity index (χ3n) is 5.23. The number of methoxy groups -OCH3 is 1. The van der Waals surface area contributed by atoms with E-state index in [-0.39, 0.29) is 5.91 Å². The fourth-order valence-corrected chi connectivity index (χ4v) is 3.62. The van der Waals surface area contributed by atoms with E-state index in [2.05, 4.69) is 24.4 Å². The largest absolute Gasteiger partial charge is 0.497 e. The number of unbranched alkanes of at least 4 members (excludes halogenated alkanes) is 1. The molecule has 0 spiro atoms. The van der Waals surface area contributed by atoms with Crippen LogP contribution in [0.15, 0.2) is 54.7 Å². The molecule has 4 heteroatoms. The molecule has 4 nitrogen and oxygen atoms in total. The second kappa shape index (κ2) is 7.85. The predicted molar refractivity (Wildman–Crippen MR) is 111 cm³/mol. The minimum Gasteiger partial charge on any atom is -0.497 e. The number of nitrogens with one attached hydrogen (secondary N) is 1. The Hall–Kier alpha value is -3.14. The monoisotopic (exact) mass is 372 g/mol. The number of rotatable bonds is 6.